The Bertz CT molecular complexity index is 2470. The molecule has 13 nitrogen and oxygen atoms in total. The van der Waals surface area contributed by atoms with Crippen molar-refractivity contribution in [2.45, 2.75) is 129 Å². The SMILES string of the molecule is CC(C)(C)OC(=O)NC(CCO[Si](c1ccccc1)(c1ccccc1)C(C)(C)C)Cc1ccc(-c2cn3c(n2)COCC3)cc1.CC1(C)OCCn2cc(-c3ccc(CC(N)CCO)cc3)nc21.CO. The van der Waals surface area contributed by atoms with Gasteiger partial charge in [0.25, 0.3) is 8.32 Å². The maximum absolute atomic E-state index is 13.0. The van der Waals surface area contributed by atoms with Crippen molar-refractivity contribution < 1.29 is 33.6 Å². The summed E-state index contributed by atoms with van der Waals surface area (Å²) in [7, 11) is -1.70. The highest BCUT2D eigenvalue weighted by molar-refractivity contribution is 6.99. The number of alkyl carbamates (subject to hydrolysis) is 1. The predicted molar refractivity (Wildman–Crippen MR) is 281 cm³/mol. The smallest absolute Gasteiger partial charge is 0.407 e. The number of aliphatic hydroxyl groups is 2. The first-order valence-electron chi connectivity index (χ1n) is 24.5. The second-order valence-electron chi connectivity index (χ2n) is 20.5. The molecule has 2 aliphatic heterocycles. The van der Waals surface area contributed by atoms with Gasteiger partial charge in [-0.05, 0) is 86.8 Å². The van der Waals surface area contributed by atoms with Crippen molar-refractivity contribution in [3.05, 3.63) is 144 Å². The van der Waals surface area contributed by atoms with Crippen LogP contribution in [0.3, 0.4) is 0 Å². The van der Waals surface area contributed by atoms with Gasteiger partial charge in [-0.15, -0.1) is 0 Å². The summed E-state index contributed by atoms with van der Waals surface area (Å²) in [6.07, 6.45) is 6.48. The molecule has 70 heavy (non-hydrogen) atoms. The van der Waals surface area contributed by atoms with Gasteiger partial charge in [0.2, 0.25) is 0 Å². The van der Waals surface area contributed by atoms with Gasteiger partial charge in [0.15, 0.2) is 0 Å². The van der Waals surface area contributed by atoms with Crippen molar-refractivity contribution in [2.24, 2.45) is 5.73 Å². The Labute approximate surface area is 416 Å². The van der Waals surface area contributed by atoms with Crippen LogP contribution in [0.2, 0.25) is 5.04 Å². The van der Waals surface area contributed by atoms with Crippen LogP contribution in [0.15, 0.2) is 122 Å². The zero-order valence-corrected chi connectivity index (χ0v) is 43.8. The topological polar surface area (TPSA) is 168 Å². The average Bonchev–Trinajstić information content (AvgIpc) is 3.98. The van der Waals surface area contributed by atoms with Crippen LogP contribution in [0.25, 0.3) is 22.5 Å². The lowest BCUT2D eigenvalue weighted by molar-refractivity contribution is -0.0539. The molecule has 0 saturated carbocycles. The number of benzene rings is 4. The van der Waals surface area contributed by atoms with Gasteiger partial charge in [0.1, 0.15) is 29.5 Å². The molecule has 0 radical (unpaired) electrons. The van der Waals surface area contributed by atoms with Gasteiger partial charge in [-0.1, -0.05) is 130 Å². The van der Waals surface area contributed by atoms with Gasteiger partial charge in [0.05, 0.1) is 24.6 Å². The molecular weight excluding hydrogens is 897 g/mol. The minimum absolute atomic E-state index is 0.00344. The third-order valence-corrected chi connectivity index (χ3v) is 17.6. The van der Waals surface area contributed by atoms with Crippen molar-refractivity contribution in [2.75, 3.05) is 33.5 Å². The van der Waals surface area contributed by atoms with Gasteiger partial charge >= 0.3 is 6.09 Å². The number of nitrogens with two attached hydrogens (primary N) is 1. The number of imidazole rings is 2. The van der Waals surface area contributed by atoms with E-state index in [2.05, 4.69) is 171 Å². The Hall–Kier alpha value is -5.45. The molecule has 0 fully saturated rings. The molecule has 0 saturated heterocycles. The molecule has 4 heterocycles. The molecule has 0 aliphatic carbocycles. The maximum Gasteiger partial charge on any atom is 0.407 e. The largest absolute Gasteiger partial charge is 0.444 e. The fourth-order valence-electron chi connectivity index (χ4n) is 9.19. The number of aromatic nitrogens is 4. The van der Waals surface area contributed by atoms with Crippen LogP contribution in [-0.4, -0.2) is 94.9 Å². The second-order valence-corrected chi connectivity index (χ2v) is 24.8. The summed E-state index contributed by atoms with van der Waals surface area (Å²) in [5, 5.41) is 21.4. The van der Waals surface area contributed by atoms with Crippen molar-refractivity contribution in [3.63, 3.8) is 0 Å². The number of aliphatic hydroxyl groups excluding tert-OH is 2. The van der Waals surface area contributed by atoms with E-state index in [1.807, 2.05) is 20.8 Å². The number of nitrogens with zero attached hydrogens (tertiary/aromatic N) is 4. The van der Waals surface area contributed by atoms with Gasteiger partial charge < -0.3 is 49.0 Å². The molecule has 0 bridgehead atoms. The number of hydrogen-bond acceptors (Lipinski definition) is 10. The molecule has 5 N–H and O–H groups in total. The fraction of sp³-hybridized carbons (Fsp3) is 0.446. The Morgan fingerprint density at radius 2 is 1.31 bits per heavy atom. The van der Waals surface area contributed by atoms with Gasteiger partial charge in [-0.2, -0.15) is 0 Å². The zero-order chi connectivity index (χ0) is 50.5. The molecule has 376 valence electrons. The van der Waals surface area contributed by atoms with E-state index in [-0.39, 0.29) is 29.3 Å². The van der Waals surface area contributed by atoms with Crippen LogP contribution in [0.5, 0.6) is 0 Å². The first-order chi connectivity index (χ1) is 33.4. The minimum Gasteiger partial charge on any atom is -0.444 e. The summed E-state index contributed by atoms with van der Waals surface area (Å²) in [4.78, 5) is 22.5. The number of ether oxygens (including phenoxy) is 3. The normalized spacial score (nSPS) is 15.2. The van der Waals surface area contributed by atoms with E-state index in [4.69, 9.17) is 44.6 Å². The monoisotopic (exact) mass is 973 g/mol. The van der Waals surface area contributed by atoms with Gasteiger partial charge in [-0.3, -0.25) is 0 Å². The summed E-state index contributed by atoms with van der Waals surface area (Å²) >= 11 is 0. The Kier molecular flexibility index (Phi) is 18.6. The molecule has 14 heteroatoms. The summed E-state index contributed by atoms with van der Waals surface area (Å²) in [6.45, 7) is 20.9. The predicted octanol–water partition coefficient (Wildman–Crippen LogP) is 8.16. The molecule has 2 atom stereocenters. The molecule has 0 spiro atoms. The van der Waals surface area contributed by atoms with E-state index in [1.165, 1.54) is 15.9 Å². The average molecular weight is 973 g/mol. The molecule has 6 aromatic rings. The van der Waals surface area contributed by atoms with Gasteiger partial charge in [0, 0.05) is 69.0 Å². The number of fused-ring (bicyclic) bond motifs is 2. The summed E-state index contributed by atoms with van der Waals surface area (Å²) in [6, 6.07) is 37.9. The van der Waals surface area contributed by atoms with Crippen molar-refractivity contribution in [1.82, 2.24) is 24.4 Å². The molecule has 2 aliphatic rings. The third kappa shape index (κ3) is 13.9. The maximum atomic E-state index is 13.0. The first kappa shape index (κ1) is 53.9. The number of carbonyl (C=O) groups excluding carboxylic acids is 1. The number of amides is 1. The molecule has 4 aromatic carbocycles. The van der Waals surface area contributed by atoms with Crippen LogP contribution in [-0.2, 0) is 56.8 Å². The van der Waals surface area contributed by atoms with Crippen LogP contribution < -0.4 is 21.4 Å². The fourth-order valence-corrected chi connectivity index (χ4v) is 13.8. The molecular formula is C56H76N6O7Si. The van der Waals surface area contributed by atoms with Crippen LogP contribution in [0.4, 0.5) is 4.79 Å². The van der Waals surface area contributed by atoms with E-state index in [0.717, 1.165) is 73.0 Å². The van der Waals surface area contributed by atoms with Crippen molar-refractivity contribution >= 4 is 24.8 Å². The molecule has 2 unspecified atom stereocenters. The summed E-state index contributed by atoms with van der Waals surface area (Å²) in [5.41, 5.74) is 11.4. The minimum atomic E-state index is -2.70. The number of rotatable bonds is 15. The second kappa shape index (κ2) is 24.1. The van der Waals surface area contributed by atoms with E-state index < -0.39 is 20.0 Å². The van der Waals surface area contributed by atoms with Crippen molar-refractivity contribution in [1.29, 1.82) is 0 Å². The van der Waals surface area contributed by atoms with Crippen LogP contribution in [0.1, 0.15) is 91.0 Å². The quantitative estimate of drug-likeness (QED) is 0.0738. The van der Waals surface area contributed by atoms with Crippen LogP contribution >= 0.6 is 0 Å². The number of carbonyl (C=O) groups is 1. The standard InChI is InChI=1S/C37H47N3O4Si.C18H25N3O2.CH4O/c1-36(2,3)44-35(41)38-30(25-28-17-19-29(20-18-28)33-26-40-22-24-42-27-34(40)39-33)21-23-43-45(37(4,5)6,31-13-9-7-10-14-31)32-15-11-8-12-16-32;1-18(2)17-20-16(12-21(17)8-10-23-18)14-5-3-13(4-6-14)11-15(19)7-9-22;1-2/h7-20,26,30H,21-25,27H2,1-6H3,(H,38,41);3-6,12,15,22H,7-11,19H2,1-2H3;2H,1H3. The molecule has 8 rings (SSSR count). The van der Waals surface area contributed by atoms with E-state index in [1.54, 1.807) is 0 Å². The number of nitrogens with one attached hydrogen (secondary N) is 1. The zero-order valence-electron chi connectivity index (χ0n) is 42.8. The summed E-state index contributed by atoms with van der Waals surface area (Å²) in [5.74, 6) is 1.94. The van der Waals surface area contributed by atoms with Crippen LogP contribution in [0, 0.1) is 0 Å². The van der Waals surface area contributed by atoms with E-state index >= 15 is 0 Å². The highest BCUT2D eigenvalue weighted by Crippen LogP contribution is 2.37. The highest BCUT2D eigenvalue weighted by atomic mass is 28.4. The van der Waals surface area contributed by atoms with Gasteiger partial charge in [-0.25, -0.2) is 14.8 Å². The third-order valence-electron chi connectivity index (χ3n) is 12.6. The lowest BCUT2D eigenvalue weighted by atomic mass is 10.0. The number of hydrogen-bond donors (Lipinski definition) is 4. The highest BCUT2D eigenvalue weighted by Gasteiger charge is 2.50. The van der Waals surface area contributed by atoms with Crippen molar-refractivity contribution in [3.8, 4) is 22.5 Å². The Morgan fingerprint density at radius 3 is 1.84 bits per heavy atom. The lowest BCUT2D eigenvalue weighted by Gasteiger charge is -2.43. The lowest BCUT2D eigenvalue weighted by Crippen LogP contribution is -2.66. The molecule has 1 amide bonds. The Morgan fingerprint density at radius 1 is 0.771 bits per heavy atom. The molecule has 2 aromatic heterocycles. The first-order valence-corrected chi connectivity index (χ1v) is 26.4. The van der Waals surface area contributed by atoms with E-state index in [0.29, 0.717) is 39.1 Å². The van der Waals surface area contributed by atoms with E-state index in [9.17, 15) is 4.79 Å². The Balaban J connectivity index is 0.000000269. The summed E-state index contributed by atoms with van der Waals surface area (Å²) < 4.78 is 28.5.